The fourth-order valence-corrected chi connectivity index (χ4v) is 1.22. The Morgan fingerprint density at radius 2 is 2.29 bits per heavy atom. The fraction of sp³-hybridized carbons (Fsp3) is 0.857. The molecule has 0 aromatic carbocycles. The number of hydrogen-bond donors (Lipinski definition) is 2. The smallest absolute Gasteiger partial charge is 0.368 e. The van der Waals surface area contributed by atoms with Crippen molar-refractivity contribution in [1.82, 2.24) is 5.32 Å². The minimum Gasteiger partial charge on any atom is -0.368 e. The molecule has 1 aliphatic rings. The molecule has 1 rings (SSSR count). The van der Waals surface area contributed by atoms with Crippen LogP contribution in [0.4, 0.5) is 13.2 Å². The van der Waals surface area contributed by atoms with Gasteiger partial charge in [0.1, 0.15) is 6.10 Å². The number of carbonyl (C=O) groups is 1. The lowest BCUT2D eigenvalue weighted by molar-refractivity contribution is -0.268. The SMILES string of the molecule is CCOC1C[C@@](O)(C(F)(F)F)NC1=O. The summed E-state index contributed by atoms with van der Waals surface area (Å²) in [6, 6.07) is 0. The van der Waals surface area contributed by atoms with Crippen molar-refractivity contribution >= 4 is 5.91 Å². The topological polar surface area (TPSA) is 58.6 Å². The van der Waals surface area contributed by atoms with E-state index in [0.717, 1.165) is 0 Å². The van der Waals surface area contributed by atoms with E-state index >= 15 is 0 Å². The molecule has 1 fully saturated rings. The lowest BCUT2D eigenvalue weighted by Crippen LogP contribution is -2.53. The van der Waals surface area contributed by atoms with Crippen molar-refractivity contribution in [2.24, 2.45) is 0 Å². The van der Waals surface area contributed by atoms with Crippen molar-refractivity contribution in [2.75, 3.05) is 6.61 Å². The third-order valence-electron chi connectivity index (χ3n) is 1.94. The van der Waals surface area contributed by atoms with Crippen LogP contribution in [0.3, 0.4) is 0 Å². The van der Waals surface area contributed by atoms with E-state index in [1.165, 1.54) is 5.32 Å². The summed E-state index contributed by atoms with van der Waals surface area (Å²) in [5.74, 6) is -0.938. The van der Waals surface area contributed by atoms with Gasteiger partial charge in [-0.05, 0) is 6.92 Å². The molecule has 0 saturated carbocycles. The number of nitrogens with one attached hydrogen (secondary N) is 1. The van der Waals surface area contributed by atoms with Crippen molar-refractivity contribution in [3.8, 4) is 0 Å². The van der Waals surface area contributed by atoms with Gasteiger partial charge in [0.2, 0.25) is 5.72 Å². The van der Waals surface area contributed by atoms with E-state index in [2.05, 4.69) is 0 Å². The van der Waals surface area contributed by atoms with Gasteiger partial charge < -0.3 is 15.2 Å². The summed E-state index contributed by atoms with van der Waals surface area (Å²) in [6.45, 7) is 1.67. The van der Waals surface area contributed by atoms with Gasteiger partial charge in [0, 0.05) is 13.0 Å². The standard InChI is InChI=1S/C7H10F3NO3/c1-2-14-4-3-6(13,7(8,9)10)11-5(4)12/h4,13H,2-3H2,1H3,(H,11,12)/t4?,6-/m1/s1. The van der Waals surface area contributed by atoms with Gasteiger partial charge in [-0.3, -0.25) is 4.79 Å². The van der Waals surface area contributed by atoms with E-state index in [1.54, 1.807) is 6.92 Å². The first kappa shape index (κ1) is 11.3. The van der Waals surface area contributed by atoms with Crippen LogP contribution >= 0.6 is 0 Å². The number of alkyl halides is 3. The van der Waals surface area contributed by atoms with Crippen LogP contribution in [0.2, 0.25) is 0 Å². The Morgan fingerprint density at radius 1 is 1.71 bits per heavy atom. The Balaban J connectivity index is 2.75. The molecule has 1 amide bonds. The third kappa shape index (κ3) is 1.83. The van der Waals surface area contributed by atoms with Crippen molar-refractivity contribution in [3.05, 3.63) is 0 Å². The highest BCUT2D eigenvalue weighted by Gasteiger charge is 2.61. The molecule has 1 saturated heterocycles. The molecule has 14 heavy (non-hydrogen) atoms. The molecular weight excluding hydrogens is 203 g/mol. The normalized spacial score (nSPS) is 33.2. The van der Waals surface area contributed by atoms with E-state index in [9.17, 15) is 18.0 Å². The predicted molar refractivity (Wildman–Crippen MR) is 39.2 cm³/mol. The zero-order valence-corrected chi connectivity index (χ0v) is 7.39. The van der Waals surface area contributed by atoms with Crippen LogP contribution in [0.25, 0.3) is 0 Å². The van der Waals surface area contributed by atoms with Crippen LogP contribution in [0.15, 0.2) is 0 Å². The molecule has 0 spiro atoms. The molecule has 1 aliphatic heterocycles. The highest BCUT2D eigenvalue weighted by atomic mass is 19.4. The van der Waals surface area contributed by atoms with Gasteiger partial charge in [-0.25, -0.2) is 0 Å². The highest BCUT2D eigenvalue weighted by molar-refractivity contribution is 5.84. The van der Waals surface area contributed by atoms with Gasteiger partial charge in [-0.2, -0.15) is 13.2 Å². The maximum absolute atomic E-state index is 12.2. The summed E-state index contributed by atoms with van der Waals surface area (Å²) in [4.78, 5) is 10.9. The monoisotopic (exact) mass is 213 g/mol. The summed E-state index contributed by atoms with van der Waals surface area (Å²) in [5, 5.41) is 10.5. The number of hydrogen-bond acceptors (Lipinski definition) is 3. The average molecular weight is 213 g/mol. The number of amides is 1. The molecule has 82 valence electrons. The van der Waals surface area contributed by atoms with Crippen molar-refractivity contribution in [2.45, 2.75) is 31.3 Å². The Bertz CT molecular complexity index is 243. The first-order valence-electron chi connectivity index (χ1n) is 4.03. The first-order chi connectivity index (χ1) is 6.30. The zero-order chi connectivity index (χ0) is 11.0. The number of carbonyl (C=O) groups excluding carboxylic acids is 1. The van der Waals surface area contributed by atoms with Crippen LogP contribution in [-0.4, -0.2) is 35.6 Å². The lowest BCUT2D eigenvalue weighted by atomic mass is 10.1. The summed E-state index contributed by atoms with van der Waals surface area (Å²) >= 11 is 0. The number of halogens is 3. The van der Waals surface area contributed by atoms with Crippen LogP contribution in [0, 0.1) is 0 Å². The van der Waals surface area contributed by atoms with E-state index in [-0.39, 0.29) is 6.61 Å². The Labute approximate surface area is 78.0 Å². The van der Waals surface area contributed by atoms with Crippen LogP contribution in [0.5, 0.6) is 0 Å². The largest absolute Gasteiger partial charge is 0.436 e. The Hall–Kier alpha value is -0.820. The summed E-state index contributed by atoms with van der Waals surface area (Å²) in [7, 11) is 0. The second kappa shape index (κ2) is 3.39. The van der Waals surface area contributed by atoms with Crippen molar-refractivity contribution in [3.63, 3.8) is 0 Å². The van der Waals surface area contributed by atoms with Crippen LogP contribution in [-0.2, 0) is 9.53 Å². The number of ether oxygens (including phenoxy) is 1. The first-order valence-corrected chi connectivity index (χ1v) is 4.03. The van der Waals surface area contributed by atoms with E-state index < -0.39 is 30.3 Å². The van der Waals surface area contributed by atoms with Gasteiger partial charge in [-0.15, -0.1) is 0 Å². The maximum atomic E-state index is 12.2. The second-order valence-electron chi connectivity index (χ2n) is 3.00. The van der Waals surface area contributed by atoms with Crippen LogP contribution < -0.4 is 5.32 Å². The molecule has 0 radical (unpaired) electrons. The summed E-state index contributed by atoms with van der Waals surface area (Å²) < 4.78 is 41.4. The Morgan fingerprint density at radius 3 is 2.64 bits per heavy atom. The quantitative estimate of drug-likeness (QED) is 0.687. The average Bonchev–Trinajstić information content (AvgIpc) is 2.27. The molecule has 0 aliphatic carbocycles. The fourth-order valence-electron chi connectivity index (χ4n) is 1.22. The molecule has 1 heterocycles. The van der Waals surface area contributed by atoms with Gasteiger partial charge in [0.25, 0.3) is 5.91 Å². The lowest BCUT2D eigenvalue weighted by Gasteiger charge is -2.24. The highest BCUT2D eigenvalue weighted by Crippen LogP contribution is 2.35. The van der Waals surface area contributed by atoms with Gasteiger partial charge in [0.05, 0.1) is 0 Å². The maximum Gasteiger partial charge on any atom is 0.436 e. The van der Waals surface area contributed by atoms with E-state index in [1.807, 2.05) is 0 Å². The molecular formula is C7H10F3NO3. The van der Waals surface area contributed by atoms with Gasteiger partial charge in [0.15, 0.2) is 0 Å². The van der Waals surface area contributed by atoms with E-state index in [0.29, 0.717) is 0 Å². The molecule has 2 atom stereocenters. The molecule has 0 aromatic rings. The molecule has 1 unspecified atom stereocenters. The Kier molecular flexibility index (Phi) is 2.73. The summed E-state index contributed by atoms with van der Waals surface area (Å²) in [5.41, 5.74) is -3.15. The third-order valence-corrected chi connectivity index (χ3v) is 1.94. The van der Waals surface area contributed by atoms with Crippen molar-refractivity contribution < 1.29 is 27.8 Å². The summed E-state index contributed by atoms with van der Waals surface area (Å²) in [6.07, 6.45) is -6.91. The minimum absolute atomic E-state index is 0.117. The molecule has 0 aromatic heterocycles. The van der Waals surface area contributed by atoms with Crippen molar-refractivity contribution in [1.29, 1.82) is 0 Å². The van der Waals surface area contributed by atoms with Gasteiger partial charge in [-0.1, -0.05) is 0 Å². The molecule has 4 nitrogen and oxygen atoms in total. The molecule has 7 heteroatoms. The predicted octanol–water partition coefficient (Wildman–Crippen LogP) is 0.162. The number of rotatable bonds is 2. The molecule has 0 bridgehead atoms. The molecule has 2 N–H and O–H groups in total. The van der Waals surface area contributed by atoms with Crippen LogP contribution in [0.1, 0.15) is 13.3 Å². The van der Waals surface area contributed by atoms with Gasteiger partial charge >= 0.3 is 6.18 Å². The number of aliphatic hydroxyl groups is 1. The van der Waals surface area contributed by atoms with E-state index in [4.69, 9.17) is 9.84 Å². The minimum atomic E-state index is -4.88. The zero-order valence-electron chi connectivity index (χ0n) is 7.39. The second-order valence-corrected chi connectivity index (χ2v) is 3.00.